The molecular weight excluding hydrogens is 361 g/mol. The monoisotopic (exact) mass is 376 g/mol. The molecule has 1 amide bonds. The van der Waals surface area contributed by atoms with Crippen molar-refractivity contribution >= 4 is 17.4 Å². The number of carbonyl (C=O) groups is 1. The van der Waals surface area contributed by atoms with Crippen molar-refractivity contribution in [2.24, 2.45) is 11.7 Å². The summed E-state index contributed by atoms with van der Waals surface area (Å²) in [5, 5.41) is 0. The normalized spacial score (nSPS) is 15.1. The second-order valence-electron chi connectivity index (χ2n) is 6.47. The Morgan fingerprint density at radius 2 is 2.00 bits per heavy atom. The van der Waals surface area contributed by atoms with Gasteiger partial charge >= 0.3 is 6.18 Å². The van der Waals surface area contributed by atoms with Crippen LogP contribution < -0.4 is 10.6 Å². The van der Waals surface area contributed by atoms with Crippen molar-refractivity contribution in [3.63, 3.8) is 0 Å². The topological polar surface area (TPSA) is 89.4 Å². The summed E-state index contributed by atoms with van der Waals surface area (Å²) in [7, 11) is 0. The Labute approximate surface area is 151 Å². The Bertz CT molecular complexity index is 1010. The number of hydrogen-bond acceptors (Lipinski definition) is 5. The molecule has 7 nitrogen and oxygen atoms in total. The number of halogens is 3. The molecule has 4 rings (SSSR count). The molecule has 3 aromatic rings. The molecule has 1 aliphatic rings. The number of carbonyl (C=O) groups excluding carboxylic acids is 1. The van der Waals surface area contributed by atoms with Gasteiger partial charge in [0.2, 0.25) is 5.91 Å². The van der Waals surface area contributed by atoms with Crippen LogP contribution in [0.15, 0.2) is 36.8 Å². The van der Waals surface area contributed by atoms with Gasteiger partial charge in [0.1, 0.15) is 17.2 Å². The van der Waals surface area contributed by atoms with Crippen molar-refractivity contribution in [3.8, 4) is 11.5 Å². The van der Waals surface area contributed by atoms with E-state index >= 15 is 0 Å². The predicted molar refractivity (Wildman–Crippen MR) is 90.7 cm³/mol. The van der Waals surface area contributed by atoms with Crippen LogP contribution in [0.2, 0.25) is 0 Å². The van der Waals surface area contributed by atoms with Crippen LogP contribution in [0.4, 0.5) is 19.0 Å². The van der Waals surface area contributed by atoms with Gasteiger partial charge in [-0.15, -0.1) is 0 Å². The van der Waals surface area contributed by atoms with Crippen LogP contribution in [-0.4, -0.2) is 38.3 Å². The van der Waals surface area contributed by atoms with Crippen LogP contribution in [0.1, 0.15) is 12.0 Å². The van der Waals surface area contributed by atoms with Crippen LogP contribution in [0.25, 0.3) is 17.2 Å². The predicted octanol–water partition coefficient (Wildman–Crippen LogP) is 2.12. The maximum atomic E-state index is 13.0. The zero-order valence-electron chi connectivity index (χ0n) is 14.0. The summed E-state index contributed by atoms with van der Waals surface area (Å²) < 4.78 is 40.3. The van der Waals surface area contributed by atoms with E-state index in [1.54, 1.807) is 12.3 Å². The Balaban J connectivity index is 1.64. The van der Waals surface area contributed by atoms with Crippen LogP contribution in [-0.2, 0) is 11.0 Å². The minimum Gasteiger partial charge on any atom is -0.370 e. The van der Waals surface area contributed by atoms with Crippen molar-refractivity contribution in [1.82, 2.24) is 19.4 Å². The van der Waals surface area contributed by atoms with E-state index in [9.17, 15) is 18.0 Å². The molecule has 0 saturated carbocycles. The van der Waals surface area contributed by atoms with Gasteiger partial charge in [0, 0.05) is 37.8 Å². The van der Waals surface area contributed by atoms with Gasteiger partial charge in [-0.3, -0.25) is 9.20 Å². The third-order valence-corrected chi connectivity index (χ3v) is 4.47. The molecule has 4 heterocycles. The fraction of sp³-hybridized carbons (Fsp3) is 0.294. The third-order valence-electron chi connectivity index (χ3n) is 4.47. The highest BCUT2D eigenvalue weighted by atomic mass is 19.4. The molecule has 0 atom stereocenters. The van der Waals surface area contributed by atoms with E-state index in [0.717, 1.165) is 12.3 Å². The molecule has 1 fully saturated rings. The number of imidazole rings is 1. The van der Waals surface area contributed by atoms with Gasteiger partial charge in [-0.05, 0) is 18.2 Å². The van der Waals surface area contributed by atoms with Gasteiger partial charge in [0.05, 0.1) is 11.8 Å². The Kier molecular flexibility index (Phi) is 3.97. The number of rotatable bonds is 4. The average molecular weight is 376 g/mol. The quantitative estimate of drug-likeness (QED) is 0.753. The molecule has 1 aliphatic heterocycles. The first-order valence-electron chi connectivity index (χ1n) is 8.22. The zero-order chi connectivity index (χ0) is 19.2. The lowest BCUT2D eigenvalue weighted by Gasteiger charge is -2.39. The van der Waals surface area contributed by atoms with E-state index in [-0.39, 0.29) is 17.6 Å². The van der Waals surface area contributed by atoms with Gasteiger partial charge in [-0.25, -0.2) is 15.0 Å². The summed E-state index contributed by atoms with van der Waals surface area (Å²) in [5.41, 5.74) is 5.16. The third kappa shape index (κ3) is 3.29. The van der Waals surface area contributed by atoms with E-state index < -0.39 is 11.7 Å². The lowest BCUT2D eigenvalue weighted by Crippen LogP contribution is -2.48. The summed E-state index contributed by atoms with van der Waals surface area (Å²) in [6.07, 6.45) is -0.152. The number of aromatic nitrogens is 4. The lowest BCUT2D eigenvalue weighted by atomic mass is 9.96. The van der Waals surface area contributed by atoms with Crippen molar-refractivity contribution < 1.29 is 18.0 Å². The summed E-state index contributed by atoms with van der Waals surface area (Å²) in [4.78, 5) is 25.7. The highest BCUT2D eigenvalue weighted by Crippen LogP contribution is 2.31. The van der Waals surface area contributed by atoms with Gasteiger partial charge < -0.3 is 10.6 Å². The molecule has 0 aliphatic carbocycles. The Morgan fingerprint density at radius 1 is 1.22 bits per heavy atom. The fourth-order valence-corrected chi connectivity index (χ4v) is 3.13. The number of hydrogen-bond donors (Lipinski definition) is 1. The van der Waals surface area contributed by atoms with Gasteiger partial charge in [0.15, 0.2) is 5.82 Å². The first kappa shape index (κ1) is 17.3. The molecule has 140 valence electrons. The molecule has 0 radical (unpaired) electrons. The van der Waals surface area contributed by atoms with E-state index in [4.69, 9.17) is 5.73 Å². The standard InChI is InChI=1S/C17H15F3N6O/c18-17(19,20)11-1-2-14-23-6-12(26(14)9-11)16-22-4-3-15(24-16)25-7-10(8-25)5-13(21)27/h1-4,6,9-10H,5,7-8H2,(H2,21,27). The number of primary amides is 1. The van der Waals surface area contributed by atoms with Crippen LogP contribution in [0.5, 0.6) is 0 Å². The second-order valence-corrected chi connectivity index (χ2v) is 6.47. The number of amides is 1. The molecule has 3 aromatic heterocycles. The largest absolute Gasteiger partial charge is 0.417 e. The van der Waals surface area contributed by atoms with Gasteiger partial charge in [-0.1, -0.05) is 0 Å². The van der Waals surface area contributed by atoms with Gasteiger partial charge in [0.25, 0.3) is 0 Å². The van der Waals surface area contributed by atoms with Crippen LogP contribution in [0, 0.1) is 5.92 Å². The summed E-state index contributed by atoms with van der Waals surface area (Å²) in [6, 6.07) is 4.01. The van der Waals surface area contributed by atoms with E-state index in [0.29, 0.717) is 36.7 Å². The minimum atomic E-state index is -4.45. The van der Waals surface area contributed by atoms with E-state index in [1.165, 1.54) is 16.7 Å². The molecule has 0 unspecified atom stereocenters. The molecule has 0 bridgehead atoms. The Hall–Kier alpha value is -3.17. The van der Waals surface area contributed by atoms with Crippen molar-refractivity contribution in [3.05, 3.63) is 42.4 Å². The molecule has 1 saturated heterocycles. The average Bonchev–Trinajstić information content (AvgIpc) is 3.00. The number of fused-ring (bicyclic) bond motifs is 1. The summed E-state index contributed by atoms with van der Waals surface area (Å²) in [6.45, 7) is 1.29. The first-order valence-corrected chi connectivity index (χ1v) is 8.22. The molecule has 2 N–H and O–H groups in total. The number of alkyl halides is 3. The van der Waals surface area contributed by atoms with Crippen molar-refractivity contribution in [2.75, 3.05) is 18.0 Å². The molecule has 27 heavy (non-hydrogen) atoms. The zero-order valence-corrected chi connectivity index (χ0v) is 14.0. The minimum absolute atomic E-state index is 0.186. The van der Waals surface area contributed by atoms with E-state index in [1.807, 2.05) is 4.90 Å². The van der Waals surface area contributed by atoms with Crippen LogP contribution >= 0.6 is 0 Å². The van der Waals surface area contributed by atoms with Crippen molar-refractivity contribution in [1.29, 1.82) is 0 Å². The van der Waals surface area contributed by atoms with Gasteiger partial charge in [-0.2, -0.15) is 13.2 Å². The van der Waals surface area contributed by atoms with Crippen LogP contribution in [0.3, 0.4) is 0 Å². The smallest absolute Gasteiger partial charge is 0.370 e. The molecule has 0 spiro atoms. The fourth-order valence-electron chi connectivity index (χ4n) is 3.13. The lowest BCUT2D eigenvalue weighted by molar-refractivity contribution is -0.137. The number of anilines is 1. The Morgan fingerprint density at radius 3 is 2.70 bits per heavy atom. The molecule has 10 heteroatoms. The maximum Gasteiger partial charge on any atom is 0.417 e. The first-order chi connectivity index (χ1) is 12.8. The highest BCUT2D eigenvalue weighted by Gasteiger charge is 2.32. The molecular formula is C17H15F3N6O. The SMILES string of the molecule is NC(=O)CC1CN(c2ccnc(-c3cnc4ccc(C(F)(F)F)cn34)n2)C1. The van der Waals surface area contributed by atoms with E-state index in [2.05, 4.69) is 15.0 Å². The number of pyridine rings is 1. The van der Waals surface area contributed by atoms with Crippen molar-refractivity contribution in [2.45, 2.75) is 12.6 Å². The number of nitrogens with zero attached hydrogens (tertiary/aromatic N) is 5. The highest BCUT2D eigenvalue weighted by molar-refractivity contribution is 5.74. The molecule has 0 aromatic carbocycles. The second kappa shape index (κ2) is 6.22. The maximum absolute atomic E-state index is 13.0. The number of nitrogens with two attached hydrogens (primary N) is 1. The summed E-state index contributed by atoms with van der Waals surface area (Å²) in [5.74, 6) is 0.764. The summed E-state index contributed by atoms with van der Waals surface area (Å²) >= 11 is 0.